The van der Waals surface area contributed by atoms with Crippen LogP contribution in [-0.4, -0.2) is 33.6 Å². The molecule has 18 heavy (non-hydrogen) atoms. The van der Waals surface area contributed by atoms with Gasteiger partial charge in [-0.15, -0.1) is 0 Å². The lowest BCUT2D eigenvalue weighted by molar-refractivity contribution is -0.140. The summed E-state index contributed by atoms with van der Waals surface area (Å²) in [5, 5.41) is 7.94. The molecule has 1 rings (SSSR count). The molecule has 2 unspecified atom stereocenters. The van der Waals surface area contributed by atoms with Gasteiger partial charge in [-0.1, -0.05) is 6.92 Å². The van der Waals surface area contributed by atoms with E-state index in [-0.39, 0.29) is 17.3 Å². The zero-order chi connectivity index (χ0) is 13.7. The predicted octanol–water partition coefficient (Wildman–Crippen LogP) is 1.18. The van der Waals surface area contributed by atoms with Crippen LogP contribution < -0.4 is 0 Å². The van der Waals surface area contributed by atoms with Crippen molar-refractivity contribution < 1.29 is 28.1 Å². The summed E-state index contributed by atoms with van der Waals surface area (Å²) >= 11 is 0. The summed E-state index contributed by atoms with van der Waals surface area (Å²) < 4.78 is 21.5. The van der Waals surface area contributed by atoms with E-state index in [1.165, 1.54) is 19.2 Å². The first-order valence-corrected chi connectivity index (χ1v) is 6.64. The van der Waals surface area contributed by atoms with Gasteiger partial charge in [-0.3, -0.25) is 9.00 Å². The van der Waals surface area contributed by atoms with Gasteiger partial charge in [-0.25, -0.2) is 4.79 Å². The number of carboxylic acids is 1. The lowest BCUT2D eigenvalue weighted by atomic mass is 10.3. The van der Waals surface area contributed by atoms with Crippen LogP contribution in [0.4, 0.5) is 0 Å². The van der Waals surface area contributed by atoms with E-state index in [2.05, 4.69) is 4.74 Å². The average molecular weight is 274 g/mol. The molecule has 6 nitrogen and oxygen atoms in total. The number of ether oxygens (including phenoxy) is 1. The number of esters is 1. The van der Waals surface area contributed by atoms with Crippen molar-refractivity contribution in [2.45, 2.75) is 24.3 Å². The van der Waals surface area contributed by atoms with E-state index in [1.807, 2.05) is 0 Å². The van der Waals surface area contributed by atoms with E-state index >= 15 is 0 Å². The van der Waals surface area contributed by atoms with Crippen molar-refractivity contribution in [1.29, 1.82) is 0 Å². The number of carbonyl (C=O) groups excluding carboxylic acids is 1. The Morgan fingerprint density at radius 1 is 1.50 bits per heavy atom. The average Bonchev–Trinajstić information content (AvgIpc) is 2.78. The molecule has 7 heteroatoms. The molecule has 0 radical (unpaired) electrons. The van der Waals surface area contributed by atoms with Crippen molar-refractivity contribution in [3.05, 3.63) is 23.7 Å². The van der Waals surface area contributed by atoms with Gasteiger partial charge in [0.25, 0.3) is 0 Å². The first-order chi connectivity index (χ1) is 8.49. The SMILES string of the molecule is CCC(C(=O)OC)S(=O)Cc1ccc(C(=O)O)o1. The Kier molecular flexibility index (Phi) is 5.08. The van der Waals surface area contributed by atoms with E-state index in [0.717, 1.165) is 0 Å². The smallest absolute Gasteiger partial charge is 0.371 e. The fourth-order valence-corrected chi connectivity index (χ4v) is 2.72. The summed E-state index contributed by atoms with van der Waals surface area (Å²) in [5.41, 5.74) is 0. The van der Waals surface area contributed by atoms with Crippen LogP contribution in [-0.2, 0) is 26.1 Å². The lowest BCUT2D eigenvalue weighted by Gasteiger charge is -2.10. The van der Waals surface area contributed by atoms with Crippen LogP contribution in [0.25, 0.3) is 0 Å². The maximum Gasteiger partial charge on any atom is 0.371 e. The van der Waals surface area contributed by atoms with Gasteiger partial charge in [0.15, 0.2) is 0 Å². The minimum absolute atomic E-state index is 0.0130. The van der Waals surface area contributed by atoms with Gasteiger partial charge in [-0.05, 0) is 18.6 Å². The van der Waals surface area contributed by atoms with E-state index in [1.54, 1.807) is 6.92 Å². The fraction of sp³-hybridized carbons (Fsp3) is 0.455. The Hall–Kier alpha value is -1.63. The number of furan rings is 1. The van der Waals surface area contributed by atoms with E-state index in [9.17, 15) is 13.8 Å². The predicted molar refractivity (Wildman–Crippen MR) is 63.6 cm³/mol. The highest BCUT2D eigenvalue weighted by Crippen LogP contribution is 2.14. The minimum atomic E-state index is -1.50. The fourth-order valence-electron chi connectivity index (χ4n) is 1.40. The van der Waals surface area contributed by atoms with E-state index in [4.69, 9.17) is 9.52 Å². The zero-order valence-corrected chi connectivity index (χ0v) is 10.9. The number of hydrogen-bond acceptors (Lipinski definition) is 5. The standard InChI is InChI=1S/C11H14O6S/c1-3-9(11(14)16-2)18(15)6-7-4-5-8(17-7)10(12)13/h4-5,9H,3,6H2,1-2H3,(H,12,13). The van der Waals surface area contributed by atoms with Crippen molar-refractivity contribution in [3.8, 4) is 0 Å². The quantitative estimate of drug-likeness (QED) is 0.783. The summed E-state index contributed by atoms with van der Waals surface area (Å²) in [6.07, 6.45) is 0.381. The highest BCUT2D eigenvalue weighted by molar-refractivity contribution is 7.85. The largest absolute Gasteiger partial charge is 0.475 e. The Balaban J connectivity index is 2.73. The molecule has 0 amide bonds. The maximum absolute atomic E-state index is 11.9. The van der Waals surface area contributed by atoms with Crippen molar-refractivity contribution in [3.63, 3.8) is 0 Å². The second-order valence-electron chi connectivity index (χ2n) is 3.52. The molecule has 2 atom stereocenters. The Morgan fingerprint density at radius 3 is 2.61 bits per heavy atom. The molecule has 100 valence electrons. The molecular formula is C11H14O6S. The lowest BCUT2D eigenvalue weighted by Crippen LogP contribution is -2.27. The number of rotatable bonds is 6. The molecule has 0 spiro atoms. The van der Waals surface area contributed by atoms with Crippen molar-refractivity contribution in [2.24, 2.45) is 0 Å². The first-order valence-electron chi connectivity index (χ1n) is 5.26. The molecule has 0 saturated heterocycles. The molecule has 0 saturated carbocycles. The van der Waals surface area contributed by atoms with E-state index < -0.39 is 28.0 Å². The van der Waals surface area contributed by atoms with Crippen molar-refractivity contribution in [2.75, 3.05) is 7.11 Å². The molecular weight excluding hydrogens is 260 g/mol. The molecule has 0 aliphatic rings. The van der Waals surface area contributed by atoms with Gasteiger partial charge in [0.2, 0.25) is 5.76 Å². The Morgan fingerprint density at radius 2 is 2.17 bits per heavy atom. The van der Waals surface area contributed by atoms with Crippen LogP contribution in [0.2, 0.25) is 0 Å². The third-order valence-corrected chi connectivity index (χ3v) is 4.04. The monoisotopic (exact) mass is 274 g/mol. The zero-order valence-electron chi connectivity index (χ0n) is 10.0. The summed E-state index contributed by atoms with van der Waals surface area (Å²) in [6.45, 7) is 1.73. The molecule has 1 aromatic heterocycles. The van der Waals surface area contributed by atoms with Crippen LogP contribution in [0, 0.1) is 0 Å². The maximum atomic E-state index is 11.9. The van der Waals surface area contributed by atoms with Gasteiger partial charge in [0, 0.05) is 10.8 Å². The molecule has 0 aromatic carbocycles. The number of carbonyl (C=O) groups is 2. The summed E-state index contributed by atoms with van der Waals surface area (Å²) in [7, 11) is -0.266. The normalized spacial score (nSPS) is 13.9. The Labute approximate surface area is 106 Å². The number of carboxylic acid groups (broad SMARTS) is 1. The summed E-state index contributed by atoms with van der Waals surface area (Å²) in [5.74, 6) is -1.69. The van der Waals surface area contributed by atoms with Crippen molar-refractivity contribution >= 4 is 22.7 Å². The van der Waals surface area contributed by atoms with Crippen LogP contribution in [0.1, 0.15) is 29.7 Å². The van der Waals surface area contributed by atoms with Crippen LogP contribution in [0.3, 0.4) is 0 Å². The second-order valence-corrected chi connectivity index (χ2v) is 5.14. The van der Waals surface area contributed by atoms with Gasteiger partial charge >= 0.3 is 11.9 Å². The number of aromatic carboxylic acids is 1. The topological polar surface area (TPSA) is 93.8 Å². The minimum Gasteiger partial charge on any atom is -0.475 e. The highest BCUT2D eigenvalue weighted by Gasteiger charge is 2.25. The molecule has 0 fully saturated rings. The second kappa shape index (κ2) is 6.34. The van der Waals surface area contributed by atoms with Gasteiger partial charge in [0.05, 0.1) is 12.9 Å². The third-order valence-electron chi connectivity index (χ3n) is 2.31. The number of hydrogen-bond donors (Lipinski definition) is 1. The highest BCUT2D eigenvalue weighted by atomic mass is 32.2. The van der Waals surface area contributed by atoms with Gasteiger partial charge in [-0.2, -0.15) is 0 Å². The molecule has 1 aromatic rings. The third kappa shape index (κ3) is 3.43. The van der Waals surface area contributed by atoms with Crippen LogP contribution in [0.5, 0.6) is 0 Å². The van der Waals surface area contributed by atoms with Crippen LogP contribution in [0.15, 0.2) is 16.5 Å². The number of methoxy groups -OCH3 is 1. The van der Waals surface area contributed by atoms with Gasteiger partial charge < -0.3 is 14.3 Å². The molecule has 1 N–H and O–H groups in total. The molecule has 0 bridgehead atoms. The summed E-state index contributed by atoms with van der Waals surface area (Å²) in [4.78, 5) is 21.9. The van der Waals surface area contributed by atoms with E-state index in [0.29, 0.717) is 6.42 Å². The molecule has 0 aliphatic carbocycles. The van der Waals surface area contributed by atoms with Crippen molar-refractivity contribution in [1.82, 2.24) is 0 Å². The molecule has 1 heterocycles. The van der Waals surface area contributed by atoms with Gasteiger partial charge in [0.1, 0.15) is 11.0 Å². The first kappa shape index (κ1) is 14.4. The Bertz CT molecular complexity index is 464. The molecule has 0 aliphatic heterocycles. The van der Waals surface area contributed by atoms with Crippen LogP contribution >= 0.6 is 0 Å². The summed E-state index contributed by atoms with van der Waals surface area (Å²) in [6, 6.07) is 2.72.